The van der Waals surface area contributed by atoms with E-state index in [1.54, 1.807) is 0 Å². The Balaban J connectivity index is 2.49. The zero-order valence-corrected chi connectivity index (χ0v) is 9.46. The largest absolute Gasteiger partial charge is 0.0587 e. The second-order valence-electron chi connectivity index (χ2n) is 4.05. The smallest absolute Gasteiger partial charge is 0.0114 e. The van der Waals surface area contributed by atoms with Crippen LogP contribution in [0.2, 0.25) is 0 Å². The number of rotatable bonds is 1. The molecule has 2 rings (SSSR count). The third-order valence-corrected chi connectivity index (χ3v) is 2.65. The summed E-state index contributed by atoms with van der Waals surface area (Å²) in [6.07, 6.45) is 0. The van der Waals surface area contributed by atoms with Crippen LogP contribution in [0.5, 0.6) is 0 Å². The van der Waals surface area contributed by atoms with E-state index in [9.17, 15) is 0 Å². The van der Waals surface area contributed by atoms with Crippen LogP contribution < -0.4 is 0 Å². The van der Waals surface area contributed by atoms with Crippen LogP contribution in [0.25, 0.3) is 11.1 Å². The molecular weight excluding hydrogens is 180 g/mol. The van der Waals surface area contributed by atoms with E-state index in [0.29, 0.717) is 0 Å². The molecule has 0 aliphatic carbocycles. The van der Waals surface area contributed by atoms with Crippen molar-refractivity contribution in [2.24, 2.45) is 0 Å². The van der Waals surface area contributed by atoms with Gasteiger partial charge in [0.05, 0.1) is 0 Å². The van der Waals surface area contributed by atoms with Crippen molar-refractivity contribution < 1.29 is 0 Å². The van der Waals surface area contributed by atoms with Crippen molar-refractivity contribution in [2.75, 3.05) is 0 Å². The summed E-state index contributed by atoms with van der Waals surface area (Å²) in [5, 5.41) is 0. The van der Waals surface area contributed by atoms with Crippen LogP contribution in [0, 0.1) is 26.8 Å². The first-order valence-electron chi connectivity index (χ1n) is 5.23. The standard InChI is InChI=1S/C15H15/c1-11-4-7-14(8-5-11)15-9-6-12(2)10-13(15)3/h4-9H,1-3H3. The Labute approximate surface area is 91.6 Å². The Morgan fingerprint density at radius 2 is 1.47 bits per heavy atom. The average molecular weight is 195 g/mol. The van der Waals surface area contributed by atoms with Crippen molar-refractivity contribution in [2.45, 2.75) is 20.8 Å². The molecule has 75 valence electrons. The van der Waals surface area contributed by atoms with E-state index < -0.39 is 0 Å². The number of aryl methyl sites for hydroxylation is 3. The minimum Gasteiger partial charge on any atom is -0.0587 e. The monoisotopic (exact) mass is 195 g/mol. The van der Waals surface area contributed by atoms with Gasteiger partial charge in [-0.1, -0.05) is 42.0 Å². The number of hydrogen-bond acceptors (Lipinski definition) is 0. The molecule has 0 saturated carbocycles. The summed E-state index contributed by atoms with van der Waals surface area (Å²) in [5.41, 5.74) is 6.27. The third kappa shape index (κ3) is 2.10. The lowest BCUT2D eigenvalue weighted by Crippen LogP contribution is -1.85. The van der Waals surface area contributed by atoms with E-state index in [1.165, 1.54) is 27.8 Å². The van der Waals surface area contributed by atoms with Crippen molar-refractivity contribution in [3.05, 3.63) is 59.2 Å². The highest BCUT2D eigenvalue weighted by Gasteiger charge is 2.01. The Kier molecular flexibility index (Phi) is 2.59. The van der Waals surface area contributed by atoms with Gasteiger partial charge in [-0.25, -0.2) is 0 Å². The molecule has 0 heteroatoms. The normalized spacial score (nSPS) is 10.3. The first kappa shape index (κ1) is 9.97. The number of benzene rings is 2. The molecule has 0 nitrogen and oxygen atoms in total. The molecule has 15 heavy (non-hydrogen) atoms. The minimum absolute atomic E-state index is 1.20. The van der Waals surface area contributed by atoms with Crippen LogP contribution >= 0.6 is 0 Å². The van der Waals surface area contributed by atoms with Crippen LogP contribution in [0.4, 0.5) is 0 Å². The summed E-state index contributed by atoms with van der Waals surface area (Å²) in [4.78, 5) is 0. The first-order chi connectivity index (χ1) is 7.16. The maximum atomic E-state index is 3.35. The zero-order chi connectivity index (χ0) is 10.8. The van der Waals surface area contributed by atoms with E-state index in [0.717, 1.165) is 0 Å². The number of hydrogen-bond donors (Lipinski definition) is 0. The molecule has 0 aliphatic heterocycles. The Hall–Kier alpha value is -1.56. The fraction of sp³-hybridized carbons (Fsp3) is 0.200. The van der Waals surface area contributed by atoms with E-state index >= 15 is 0 Å². The Bertz CT molecular complexity index is 464. The summed E-state index contributed by atoms with van der Waals surface area (Å²) in [5.74, 6) is 0. The Morgan fingerprint density at radius 3 is 2.07 bits per heavy atom. The van der Waals surface area contributed by atoms with E-state index in [-0.39, 0.29) is 0 Å². The molecular formula is C15H15. The lowest BCUT2D eigenvalue weighted by atomic mass is 9.98. The average Bonchev–Trinajstić information content (AvgIpc) is 2.20. The molecule has 0 aromatic heterocycles. The molecule has 1 radical (unpaired) electrons. The van der Waals surface area contributed by atoms with Gasteiger partial charge in [0.25, 0.3) is 0 Å². The summed E-state index contributed by atoms with van der Waals surface area (Å²) in [6.45, 7) is 6.30. The van der Waals surface area contributed by atoms with Gasteiger partial charge in [-0.05, 0) is 49.1 Å². The fourth-order valence-corrected chi connectivity index (χ4v) is 1.78. The SMILES string of the molecule is Cc1[c]c(C)c(-c2ccc(C)cc2)cc1. The lowest BCUT2D eigenvalue weighted by molar-refractivity contribution is 1.36. The molecule has 0 atom stereocenters. The van der Waals surface area contributed by atoms with Crippen LogP contribution in [-0.4, -0.2) is 0 Å². The molecule has 0 fully saturated rings. The predicted octanol–water partition coefficient (Wildman–Crippen LogP) is 4.08. The van der Waals surface area contributed by atoms with E-state index in [1.807, 2.05) is 0 Å². The van der Waals surface area contributed by atoms with Crippen LogP contribution in [0.3, 0.4) is 0 Å². The maximum Gasteiger partial charge on any atom is -0.0114 e. The lowest BCUT2D eigenvalue weighted by Gasteiger charge is -2.06. The van der Waals surface area contributed by atoms with Gasteiger partial charge >= 0.3 is 0 Å². The van der Waals surface area contributed by atoms with Crippen LogP contribution in [0.1, 0.15) is 16.7 Å². The predicted molar refractivity (Wildman–Crippen MR) is 64.9 cm³/mol. The van der Waals surface area contributed by atoms with Crippen molar-refractivity contribution in [3.63, 3.8) is 0 Å². The molecule has 0 unspecified atom stereocenters. The first-order valence-corrected chi connectivity index (χ1v) is 5.23. The molecule has 0 heterocycles. The highest BCUT2D eigenvalue weighted by atomic mass is 14.1. The summed E-state index contributed by atoms with van der Waals surface area (Å²) in [7, 11) is 0. The third-order valence-electron chi connectivity index (χ3n) is 2.65. The minimum atomic E-state index is 1.20. The second kappa shape index (κ2) is 3.90. The molecule has 0 saturated heterocycles. The van der Waals surface area contributed by atoms with Crippen LogP contribution in [-0.2, 0) is 0 Å². The second-order valence-corrected chi connectivity index (χ2v) is 4.05. The molecule has 2 aromatic rings. The summed E-state index contributed by atoms with van der Waals surface area (Å²) >= 11 is 0. The molecule has 2 aromatic carbocycles. The van der Waals surface area contributed by atoms with Gasteiger partial charge in [0.15, 0.2) is 0 Å². The molecule has 0 N–H and O–H groups in total. The summed E-state index contributed by atoms with van der Waals surface area (Å²) < 4.78 is 0. The van der Waals surface area contributed by atoms with Gasteiger partial charge in [0.2, 0.25) is 0 Å². The van der Waals surface area contributed by atoms with Gasteiger partial charge in [0, 0.05) is 0 Å². The van der Waals surface area contributed by atoms with Gasteiger partial charge in [-0.3, -0.25) is 0 Å². The van der Waals surface area contributed by atoms with Crippen molar-refractivity contribution in [1.29, 1.82) is 0 Å². The van der Waals surface area contributed by atoms with Crippen molar-refractivity contribution >= 4 is 0 Å². The fourth-order valence-electron chi connectivity index (χ4n) is 1.78. The van der Waals surface area contributed by atoms with E-state index in [2.05, 4.69) is 63.2 Å². The zero-order valence-electron chi connectivity index (χ0n) is 9.46. The van der Waals surface area contributed by atoms with Crippen LogP contribution in [0.15, 0.2) is 36.4 Å². The van der Waals surface area contributed by atoms with Gasteiger partial charge in [0.1, 0.15) is 0 Å². The Morgan fingerprint density at radius 1 is 0.800 bits per heavy atom. The molecule has 0 spiro atoms. The molecule has 0 aliphatic rings. The topological polar surface area (TPSA) is 0 Å². The van der Waals surface area contributed by atoms with Crippen molar-refractivity contribution in [1.82, 2.24) is 0 Å². The van der Waals surface area contributed by atoms with E-state index in [4.69, 9.17) is 0 Å². The highest BCUT2D eigenvalue weighted by molar-refractivity contribution is 5.67. The van der Waals surface area contributed by atoms with Gasteiger partial charge in [-0.2, -0.15) is 0 Å². The quantitative estimate of drug-likeness (QED) is 0.643. The van der Waals surface area contributed by atoms with Gasteiger partial charge in [-0.15, -0.1) is 0 Å². The van der Waals surface area contributed by atoms with Crippen molar-refractivity contribution in [3.8, 4) is 11.1 Å². The van der Waals surface area contributed by atoms with Gasteiger partial charge < -0.3 is 0 Å². The highest BCUT2D eigenvalue weighted by Crippen LogP contribution is 2.23. The molecule has 0 amide bonds. The maximum absolute atomic E-state index is 3.35. The molecule has 0 bridgehead atoms. The summed E-state index contributed by atoms with van der Waals surface area (Å²) in [6, 6.07) is 16.3.